The van der Waals surface area contributed by atoms with Crippen LogP contribution in [0.2, 0.25) is 0 Å². The fraction of sp³-hybridized carbons (Fsp3) is 0.308. The van der Waals surface area contributed by atoms with E-state index < -0.39 is 0 Å². The number of hydrogen-bond donors (Lipinski definition) is 1. The lowest BCUT2D eigenvalue weighted by molar-refractivity contribution is 0.0995. The van der Waals surface area contributed by atoms with Gasteiger partial charge in [-0.2, -0.15) is 0 Å². The smallest absolute Gasteiger partial charge is 0.291 e. The molecule has 2 aromatic heterocycles. The highest BCUT2D eigenvalue weighted by Gasteiger charge is 2.15. The molecule has 104 valence electrons. The van der Waals surface area contributed by atoms with E-state index in [4.69, 9.17) is 4.42 Å². The van der Waals surface area contributed by atoms with Crippen LogP contribution in [-0.4, -0.2) is 29.0 Å². The van der Waals surface area contributed by atoms with E-state index in [0.717, 1.165) is 13.1 Å². The van der Waals surface area contributed by atoms with Crippen LogP contribution >= 0.6 is 15.9 Å². The fourth-order valence-corrected chi connectivity index (χ4v) is 2.40. The first kappa shape index (κ1) is 13.1. The molecule has 0 atom stereocenters. The van der Waals surface area contributed by atoms with E-state index in [9.17, 15) is 4.79 Å². The van der Waals surface area contributed by atoms with Crippen LogP contribution in [0.25, 0.3) is 0 Å². The molecule has 3 heterocycles. The molecular weight excluding hydrogens is 324 g/mol. The third kappa shape index (κ3) is 2.82. The van der Waals surface area contributed by atoms with Crippen molar-refractivity contribution >= 4 is 33.5 Å². The number of carbonyl (C=O) groups excluding carboxylic acids is 1. The van der Waals surface area contributed by atoms with Crippen LogP contribution in [0.4, 0.5) is 11.6 Å². The molecule has 6 nitrogen and oxygen atoms in total. The average molecular weight is 337 g/mol. The number of furan rings is 1. The molecule has 7 heteroatoms. The molecule has 0 saturated carbocycles. The maximum atomic E-state index is 11.9. The van der Waals surface area contributed by atoms with Gasteiger partial charge in [-0.3, -0.25) is 4.79 Å². The van der Waals surface area contributed by atoms with E-state index in [0.29, 0.717) is 16.3 Å². The van der Waals surface area contributed by atoms with E-state index in [-0.39, 0.29) is 11.7 Å². The number of rotatable bonds is 3. The van der Waals surface area contributed by atoms with Crippen LogP contribution in [-0.2, 0) is 0 Å². The number of hydrogen-bond acceptors (Lipinski definition) is 5. The first-order valence-corrected chi connectivity index (χ1v) is 7.15. The van der Waals surface area contributed by atoms with Gasteiger partial charge in [0.2, 0.25) is 5.95 Å². The Morgan fingerprint density at radius 3 is 2.55 bits per heavy atom. The van der Waals surface area contributed by atoms with Gasteiger partial charge in [-0.25, -0.2) is 9.97 Å². The average Bonchev–Trinajstić information content (AvgIpc) is 3.10. The van der Waals surface area contributed by atoms with Crippen molar-refractivity contribution < 1.29 is 9.21 Å². The zero-order chi connectivity index (χ0) is 13.9. The number of halogens is 1. The molecule has 3 rings (SSSR count). The molecule has 1 aliphatic heterocycles. The lowest BCUT2D eigenvalue weighted by atomic mass is 10.4. The Kier molecular flexibility index (Phi) is 3.68. The molecule has 1 amide bonds. The minimum atomic E-state index is -0.326. The minimum absolute atomic E-state index is 0.237. The second-order valence-corrected chi connectivity index (χ2v) is 5.31. The van der Waals surface area contributed by atoms with Gasteiger partial charge in [-0.1, -0.05) is 0 Å². The quantitative estimate of drug-likeness (QED) is 0.932. The predicted molar refractivity (Wildman–Crippen MR) is 77.8 cm³/mol. The maximum Gasteiger partial charge on any atom is 0.291 e. The van der Waals surface area contributed by atoms with Crippen molar-refractivity contribution in [1.82, 2.24) is 9.97 Å². The summed E-state index contributed by atoms with van der Waals surface area (Å²) in [6, 6.07) is 3.26. The summed E-state index contributed by atoms with van der Waals surface area (Å²) < 4.78 is 5.70. The second kappa shape index (κ2) is 5.62. The number of nitrogens with one attached hydrogen (secondary N) is 1. The first-order valence-electron chi connectivity index (χ1n) is 6.36. The Labute approximate surface area is 124 Å². The fourth-order valence-electron chi connectivity index (χ4n) is 2.10. The Bertz CT molecular complexity index is 605. The van der Waals surface area contributed by atoms with E-state index in [1.165, 1.54) is 12.8 Å². The van der Waals surface area contributed by atoms with Crippen LogP contribution in [0.3, 0.4) is 0 Å². The van der Waals surface area contributed by atoms with Crippen molar-refractivity contribution in [3.8, 4) is 0 Å². The standard InChI is InChI=1S/C13H13BrN4O2/c14-11-4-3-10(20-11)12(19)17-9-7-15-13(16-8-9)18-5-1-2-6-18/h3-4,7-8H,1-2,5-6H2,(H,17,19). The van der Waals surface area contributed by atoms with Crippen LogP contribution in [0.15, 0.2) is 33.6 Å². The Morgan fingerprint density at radius 1 is 1.25 bits per heavy atom. The van der Waals surface area contributed by atoms with Crippen molar-refractivity contribution in [1.29, 1.82) is 0 Å². The minimum Gasteiger partial charge on any atom is -0.444 e. The Hall–Kier alpha value is -1.89. The molecule has 0 aromatic carbocycles. The predicted octanol–water partition coefficient (Wildman–Crippen LogP) is 2.68. The van der Waals surface area contributed by atoms with Crippen molar-refractivity contribution in [3.63, 3.8) is 0 Å². The largest absolute Gasteiger partial charge is 0.444 e. The van der Waals surface area contributed by atoms with Gasteiger partial charge in [-0.15, -0.1) is 0 Å². The van der Waals surface area contributed by atoms with Gasteiger partial charge in [0.25, 0.3) is 5.91 Å². The van der Waals surface area contributed by atoms with Crippen LogP contribution in [0, 0.1) is 0 Å². The SMILES string of the molecule is O=C(Nc1cnc(N2CCCC2)nc1)c1ccc(Br)o1. The third-order valence-electron chi connectivity index (χ3n) is 3.08. The molecule has 1 fully saturated rings. The highest BCUT2D eigenvalue weighted by atomic mass is 79.9. The van der Waals surface area contributed by atoms with E-state index in [1.54, 1.807) is 24.5 Å². The van der Waals surface area contributed by atoms with Gasteiger partial charge in [-0.05, 0) is 40.9 Å². The highest BCUT2D eigenvalue weighted by molar-refractivity contribution is 9.10. The van der Waals surface area contributed by atoms with Gasteiger partial charge in [0.1, 0.15) is 0 Å². The van der Waals surface area contributed by atoms with Gasteiger partial charge >= 0.3 is 0 Å². The number of nitrogens with zero attached hydrogens (tertiary/aromatic N) is 3. The molecular formula is C13H13BrN4O2. The lowest BCUT2D eigenvalue weighted by Crippen LogP contribution is -2.20. The zero-order valence-corrected chi connectivity index (χ0v) is 12.3. The highest BCUT2D eigenvalue weighted by Crippen LogP contribution is 2.18. The summed E-state index contributed by atoms with van der Waals surface area (Å²) in [6.07, 6.45) is 5.57. The third-order valence-corrected chi connectivity index (χ3v) is 3.51. The van der Waals surface area contributed by atoms with Gasteiger partial charge in [0.15, 0.2) is 10.4 Å². The number of aromatic nitrogens is 2. The molecule has 0 spiro atoms. The van der Waals surface area contributed by atoms with Crippen LogP contribution < -0.4 is 10.2 Å². The normalized spacial score (nSPS) is 14.6. The molecule has 0 radical (unpaired) electrons. The molecule has 0 aliphatic carbocycles. The lowest BCUT2D eigenvalue weighted by Gasteiger charge is -2.14. The molecule has 0 bridgehead atoms. The summed E-state index contributed by atoms with van der Waals surface area (Å²) in [5.41, 5.74) is 0.547. The Balaban J connectivity index is 1.67. The second-order valence-electron chi connectivity index (χ2n) is 4.52. The number of carbonyl (C=O) groups is 1. The molecule has 1 saturated heterocycles. The summed E-state index contributed by atoms with van der Waals surface area (Å²) in [5.74, 6) is 0.620. The zero-order valence-electron chi connectivity index (χ0n) is 10.7. The van der Waals surface area contributed by atoms with Crippen molar-refractivity contribution in [2.45, 2.75) is 12.8 Å². The van der Waals surface area contributed by atoms with Crippen molar-refractivity contribution in [2.24, 2.45) is 0 Å². The molecule has 20 heavy (non-hydrogen) atoms. The van der Waals surface area contributed by atoms with Gasteiger partial charge in [0, 0.05) is 13.1 Å². The topological polar surface area (TPSA) is 71.3 Å². The number of anilines is 2. The monoisotopic (exact) mass is 336 g/mol. The summed E-state index contributed by atoms with van der Waals surface area (Å²) >= 11 is 3.16. The first-order chi connectivity index (χ1) is 9.72. The van der Waals surface area contributed by atoms with E-state index >= 15 is 0 Å². The van der Waals surface area contributed by atoms with Crippen molar-refractivity contribution in [2.75, 3.05) is 23.3 Å². The van der Waals surface area contributed by atoms with Crippen LogP contribution in [0.5, 0.6) is 0 Å². The molecule has 0 unspecified atom stereocenters. The van der Waals surface area contributed by atoms with Crippen LogP contribution in [0.1, 0.15) is 23.4 Å². The van der Waals surface area contributed by atoms with E-state index in [2.05, 4.69) is 36.1 Å². The summed E-state index contributed by atoms with van der Waals surface area (Å²) in [5, 5.41) is 2.69. The van der Waals surface area contributed by atoms with E-state index in [1.807, 2.05) is 0 Å². The summed E-state index contributed by atoms with van der Waals surface area (Å²) in [7, 11) is 0. The molecule has 1 N–H and O–H groups in total. The summed E-state index contributed by atoms with van der Waals surface area (Å²) in [6.45, 7) is 1.98. The van der Waals surface area contributed by atoms with Crippen molar-refractivity contribution in [3.05, 3.63) is 35.0 Å². The summed E-state index contributed by atoms with van der Waals surface area (Å²) in [4.78, 5) is 22.6. The number of amides is 1. The van der Waals surface area contributed by atoms with Gasteiger partial charge in [0.05, 0.1) is 18.1 Å². The van der Waals surface area contributed by atoms with Gasteiger partial charge < -0.3 is 14.6 Å². The molecule has 1 aliphatic rings. The molecule has 2 aromatic rings. The maximum absolute atomic E-state index is 11.9. The Morgan fingerprint density at radius 2 is 1.95 bits per heavy atom.